The first kappa shape index (κ1) is 25.3. The Morgan fingerprint density at radius 2 is 1.89 bits per heavy atom. The smallest absolute Gasteiger partial charge is 0.242 e. The van der Waals surface area contributed by atoms with Crippen LogP contribution in [0.4, 0.5) is 5.69 Å². The molecule has 0 bridgehead atoms. The molecule has 0 unspecified atom stereocenters. The predicted molar refractivity (Wildman–Crippen MR) is 139 cm³/mol. The standard InChI is InChI=1S/C27H36N6O4/c1-6-37-23-15-19(17-7-8-17)25-30-32(26(28)33(25)29-23)16-22(34)18-13-20(27(2,3)4)24(35-5)21(14-18)31-9-11-36-12-10-31/h13-15,17,28H,6-12,16H2,1-5H3. The molecule has 1 aliphatic carbocycles. The van der Waals surface area contributed by atoms with Gasteiger partial charge in [0.25, 0.3) is 0 Å². The number of benzene rings is 1. The number of nitrogens with one attached hydrogen (secondary N) is 1. The molecule has 2 fully saturated rings. The van der Waals surface area contributed by atoms with Crippen molar-refractivity contribution in [3.63, 3.8) is 0 Å². The molecule has 1 aromatic carbocycles. The summed E-state index contributed by atoms with van der Waals surface area (Å²) in [4.78, 5) is 15.9. The van der Waals surface area contributed by atoms with Gasteiger partial charge in [0, 0.05) is 35.8 Å². The Bertz CT molecular complexity index is 1380. The fourth-order valence-corrected chi connectivity index (χ4v) is 4.85. The van der Waals surface area contributed by atoms with Crippen LogP contribution in [0.1, 0.15) is 67.9 Å². The second-order valence-electron chi connectivity index (χ2n) is 10.7. The highest BCUT2D eigenvalue weighted by Crippen LogP contribution is 2.42. The average Bonchev–Trinajstić information content (AvgIpc) is 3.68. The number of carbonyl (C=O) groups excluding carboxylic acids is 1. The number of fused-ring (bicyclic) bond motifs is 1. The molecule has 1 aliphatic heterocycles. The van der Waals surface area contributed by atoms with Crippen molar-refractivity contribution < 1.29 is 19.0 Å². The van der Waals surface area contributed by atoms with Gasteiger partial charge in [0.1, 0.15) is 12.3 Å². The maximum Gasteiger partial charge on any atom is 0.242 e. The van der Waals surface area contributed by atoms with Gasteiger partial charge in [0.05, 0.1) is 32.6 Å². The number of carbonyl (C=O) groups is 1. The summed E-state index contributed by atoms with van der Waals surface area (Å²) in [5, 5.41) is 17.8. The normalized spacial score (nSPS) is 16.3. The van der Waals surface area contributed by atoms with Crippen molar-refractivity contribution in [2.75, 3.05) is 44.9 Å². The second-order valence-corrected chi connectivity index (χ2v) is 10.7. The van der Waals surface area contributed by atoms with E-state index in [9.17, 15) is 4.79 Å². The molecule has 198 valence electrons. The lowest BCUT2D eigenvalue weighted by Gasteiger charge is -2.33. The molecule has 1 N–H and O–H groups in total. The fourth-order valence-electron chi connectivity index (χ4n) is 4.85. The van der Waals surface area contributed by atoms with E-state index < -0.39 is 0 Å². The van der Waals surface area contributed by atoms with E-state index in [-0.39, 0.29) is 23.4 Å². The molecule has 0 amide bonds. The Kier molecular flexibility index (Phi) is 6.70. The first-order chi connectivity index (χ1) is 17.7. The SMILES string of the molecule is CCOc1cc(C2CC2)c2nn(CC(=O)c3cc(N4CCOCC4)c(OC)c(C(C)(C)C)c3)c(=N)n2n1. The summed E-state index contributed by atoms with van der Waals surface area (Å²) in [6, 6.07) is 5.75. The van der Waals surface area contributed by atoms with Crippen molar-refractivity contribution in [3.8, 4) is 11.6 Å². The number of hydrogen-bond acceptors (Lipinski definition) is 8. The zero-order valence-electron chi connectivity index (χ0n) is 22.3. The van der Waals surface area contributed by atoms with E-state index in [4.69, 9.17) is 19.6 Å². The molecule has 1 saturated carbocycles. The molecule has 2 aromatic heterocycles. The van der Waals surface area contributed by atoms with Crippen LogP contribution >= 0.6 is 0 Å². The molecule has 1 saturated heterocycles. The third kappa shape index (κ3) is 4.94. The molecule has 3 heterocycles. The Morgan fingerprint density at radius 3 is 2.51 bits per heavy atom. The fraction of sp³-hybridized carbons (Fsp3) is 0.556. The molecule has 2 aliphatic rings. The maximum atomic E-state index is 13.7. The molecule has 10 nitrogen and oxygen atoms in total. The minimum Gasteiger partial charge on any atom is -0.494 e. The topological polar surface area (TPSA) is 107 Å². The van der Waals surface area contributed by atoms with Crippen molar-refractivity contribution in [1.29, 1.82) is 5.41 Å². The van der Waals surface area contributed by atoms with E-state index >= 15 is 0 Å². The van der Waals surface area contributed by atoms with Crippen LogP contribution in [0.25, 0.3) is 5.65 Å². The highest BCUT2D eigenvalue weighted by molar-refractivity contribution is 5.97. The number of morpholine rings is 1. The maximum absolute atomic E-state index is 13.7. The van der Waals surface area contributed by atoms with Crippen LogP contribution in [0.3, 0.4) is 0 Å². The second kappa shape index (κ2) is 9.81. The number of aromatic nitrogens is 4. The molecule has 0 spiro atoms. The molecule has 10 heteroatoms. The monoisotopic (exact) mass is 508 g/mol. The summed E-state index contributed by atoms with van der Waals surface area (Å²) in [5.74, 6) is 1.53. The van der Waals surface area contributed by atoms with E-state index in [1.54, 1.807) is 7.11 Å². The van der Waals surface area contributed by atoms with Crippen LogP contribution in [0.5, 0.6) is 11.6 Å². The van der Waals surface area contributed by atoms with Crippen LogP contribution in [-0.2, 0) is 16.7 Å². The van der Waals surface area contributed by atoms with E-state index in [1.165, 1.54) is 9.20 Å². The van der Waals surface area contributed by atoms with Crippen LogP contribution < -0.4 is 20.0 Å². The lowest BCUT2D eigenvalue weighted by Crippen LogP contribution is -2.37. The molecule has 5 rings (SSSR count). The van der Waals surface area contributed by atoms with Gasteiger partial charge < -0.3 is 19.1 Å². The largest absolute Gasteiger partial charge is 0.494 e. The number of ketones is 1. The quantitative estimate of drug-likeness (QED) is 0.465. The molecule has 3 aromatic rings. The van der Waals surface area contributed by atoms with Gasteiger partial charge in [-0.15, -0.1) is 10.2 Å². The molecule has 37 heavy (non-hydrogen) atoms. The summed E-state index contributed by atoms with van der Waals surface area (Å²) >= 11 is 0. The minimum absolute atomic E-state index is 0.0461. The number of ether oxygens (including phenoxy) is 3. The van der Waals surface area contributed by atoms with Crippen molar-refractivity contribution in [1.82, 2.24) is 19.4 Å². The van der Waals surface area contributed by atoms with E-state index in [0.29, 0.717) is 42.8 Å². The van der Waals surface area contributed by atoms with Crippen molar-refractivity contribution in [2.45, 2.75) is 58.4 Å². The minimum atomic E-state index is -0.238. The van der Waals surface area contributed by atoms with Gasteiger partial charge in [-0.2, -0.15) is 4.52 Å². The summed E-state index contributed by atoms with van der Waals surface area (Å²) in [6.45, 7) is 11.4. The first-order valence-corrected chi connectivity index (χ1v) is 13.0. The molecular formula is C27H36N6O4. The van der Waals surface area contributed by atoms with E-state index in [0.717, 1.165) is 48.5 Å². The molecular weight excluding hydrogens is 472 g/mol. The zero-order valence-corrected chi connectivity index (χ0v) is 22.3. The van der Waals surface area contributed by atoms with Crippen LogP contribution in [0, 0.1) is 5.41 Å². The number of hydrogen-bond donors (Lipinski definition) is 1. The Labute approximate surface area is 216 Å². The summed E-state index contributed by atoms with van der Waals surface area (Å²) in [6.07, 6.45) is 2.16. The average molecular weight is 509 g/mol. The summed E-state index contributed by atoms with van der Waals surface area (Å²) < 4.78 is 20.0. The zero-order chi connectivity index (χ0) is 26.3. The van der Waals surface area contributed by atoms with Gasteiger partial charge >= 0.3 is 0 Å². The Balaban J connectivity index is 1.54. The third-order valence-corrected chi connectivity index (χ3v) is 6.95. The summed E-state index contributed by atoms with van der Waals surface area (Å²) in [7, 11) is 1.68. The van der Waals surface area contributed by atoms with Crippen LogP contribution in [-0.4, -0.2) is 65.2 Å². The van der Waals surface area contributed by atoms with Crippen molar-refractivity contribution in [2.24, 2.45) is 0 Å². The lowest BCUT2D eigenvalue weighted by atomic mass is 9.84. The van der Waals surface area contributed by atoms with Gasteiger partial charge in [-0.25, -0.2) is 4.68 Å². The molecule has 0 atom stereocenters. The van der Waals surface area contributed by atoms with Crippen molar-refractivity contribution >= 4 is 17.1 Å². The number of nitrogens with zero attached hydrogens (tertiary/aromatic N) is 5. The summed E-state index contributed by atoms with van der Waals surface area (Å²) in [5.41, 5.74) is 3.87. The number of rotatable bonds is 8. The predicted octanol–water partition coefficient (Wildman–Crippen LogP) is 3.31. The van der Waals surface area contributed by atoms with Crippen molar-refractivity contribution in [3.05, 3.63) is 40.5 Å². The Morgan fingerprint density at radius 1 is 1.16 bits per heavy atom. The molecule has 0 radical (unpaired) electrons. The van der Waals surface area contributed by atoms with Gasteiger partial charge in [0.2, 0.25) is 11.5 Å². The van der Waals surface area contributed by atoms with E-state index in [2.05, 4.69) is 35.9 Å². The van der Waals surface area contributed by atoms with Gasteiger partial charge in [-0.3, -0.25) is 10.2 Å². The highest BCUT2D eigenvalue weighted by atomic mass is 16.5. The van der Waals surface area contributed by atoms with Crippen LogP contribution in [0.15, 0.2) is 18.2 Å². The Hall–Kier alpha value is -3.40. The number of Topliss-reactive ketones (excluding diaryl/α,β-unsaturated/α-hetero) is 1. The highest BCUT2D eigenvalue weighted by Gasteiger charge is 2.30. The van der Waals surface area contributed by atoms with Gasteiger partial charge in [-0.1, -0.05) is 20.8 Å². The van der Waals surface area contributed by atoms with Gasteiger partial charge in [-0.05, 0) is 43.2 Å². The number of anilines is 1. The number of methoxy groups -OCH3 is 1. The lowest BCUT2D eigenvalue weighted by molar-refractivity contribution is 0.0965. The van der Waals surface area contributed by atoms with Crippen LogP contribution in [0.2, 0.25) is 0 Å². The van der Waals surface area contributed by atoms with E-state index in [1.807, 2.05) is 25.1 Å². The third-order valence-electron chi connectivity index (χ3n) is 6.95. The first-order valence-electron chi connectivity index (χ1n) is 13.0. The van der Waals surface area contributed by atoms with Gasteiger partial charge in [0.15, 0.2) is 11.4 Å².